The smallest absolute Gasteiger partial charge is 0.196 e. The maximum atomic E-state index is 6.10. The van der Waals surface area contributed by atoms with E-state index < -0.39 is 0 Å². The van der Waals surface area contributed by atoms with Gasteiger partial charge in [0.05, 0.1) is 5.02 Å². The molecule has 3 heteroatoms. The molecule has 0 saturated carbocycles. The number of halogens is 1. The van der Waals surface area contributed by atoms with E-state index in [2.05, 4.69) is 5.32 Å². The van der Waals surface area contributed by atoms with Crippen molar-refractivity contribution in [1.29, 1.82) is 0 Å². The molecule has 0 bridgehead atoms. The zero-order chi connectivity index (χ0) is 13.7. The Bertz CT molecular complexity index is 578. The minimum Gasteiger partial charge on any atom is -0.440 e. The number of allylic oxidation sites excluding steroid dienone is 1. The molecule has 0 atom stereocenters. The number of hydrogen-bond acceptors (Lipinski definition) is 2. The van der Waals surface area contributed by atoms with E-state index in [1.54, 1.807) is 0 Å². The Morgan fingerprint density at radius 1 is 1.00 bits per heavy atom. The Morgan fingerprint density at radius 3 is 2.26 bits per heavy atom. The van der Waals surface area contributed by atoms with E-state index in [0.717, 1.165) is 11.1 Å². The first-order valence-corrected chi connectivity index (χ1v) is 6.46. The first kappa shape index (κ1) is 13.5. The molecule has 0 amide bonds. The van der Waals surface area contributed by atoms with Crippen LogP contribution in [0, 0.1) is 0 Å². The van der Waals surface area contributed by atoms with Gasteiger partial charge in [-0.1, -0.05) is 54.1 Å². The van der Waals surface area contributed by atoms with Crippen LogP contribution >= 0.6 is 11.6 Å². The summed E-state index contributed by atoms with van der Waals surface area (Å²) in [4.78, 5) is 0. The van der Waals surface area contributed by atoms with Gasteiger partial charge in [0.2, 0.25) is 0 Å². The Balaban J connectivity index is 2.33. The van der Waals surface area contributed by atoms with Crippen molar-refractivity contribution in [2.45, 2.75) is 6.92 Å². The molecule has 1 N–H and O–H groups in total. The third-order valence-electron chi connectivity index (χ3n) is 2.82. The van der Waals surface area contributed by atoms with Crippen molar-refractivity contribution in [2.75, 3.05) is 7.05 Å². The van der Waals surface area contributed by atoms with Gasteiger partial charge < -0.3 is 10.1 Å². The third kappa shape index (κ3) is 3.30. The lowest BCUT2D eigenvalue weighted by atomic mass is 10.1. The highest BCUT2D eigenvalue weighted by Gasteiger charge is 2.08. The van der Waals surface area contributed by atoms with Crippen molar-refractivity contribution in [2.24, 2.45) is 0 Å². The van der Waals surface area contributed by atoms with E-state index >= 15 is 0 Å². The van der Waals surface area contributed by atoms with Crippen LogP contribution in [0.4, 0.5) is 0 Å². The molecule has 0 saturated heterocycles. The summed E-state index contributed by atoms with van der Waals surface area (Å²) in [5.74, 6) is 1.34. The molecule has 0 fully saturated rings. The van der Waals surface area contributed by atoms with Gasteiger partial charge in [-0.15, -0.1) is 0 Å². The van der Waals surface area contributed by atoms with E-state index in [-0.39, 0.29) is 0 Å². The number of para-hydroxylation sites is 1. The summed E-state index contributed by atoms with van der Waals surface area (Å²) in [6.07, 6.45) is 0. The number of ether oxygens (including phenoxy) is 1. The summed E-state index contributed by atoms with van der Waals surface area (Å²) in [7, 11) is 1.83. The first-order chi connectivity index (χ1) is 9.22. The summed E-state index contributed by atoms with van der Waals surface area (Å²) < 4.78 is 5.85. The summed E-state index contributed by atoms with van der Waals surface area (Å²) >= 11 is 6.10. The Morgan fingerprint density at radius 2 is 1.63 bits per heavy atom. The fraction of sp³-hybridized carbons (Fsp3) is 0.125. The Labute approximate surface area is 118 Å². The number of nitrogens with one attached hydrogen (secondary N) is 1. The van der Waals surface area contributed by atoms with E-state index in [1.165, 1.54) is 0 Å². The van der Waals surface area contributed by atoms with Gasteiger partial charge in [0.25, 0.3) is 0 Å². The van der Waals surface area contributed by atoms with E-state index in [0.29, 0.717) is 16.7 Å². The van der Waals surface area contributed by atoms with Crippen molar-refractivity contribution in [3.63, 3.8) is 0 Å². The second-order valence-corrected chi connectivity index (χ2v) is 4.51. The van der Waals surface area contributed by atoms with Gasteiger partial charge in [0.15, 0.2) is 5.88 Å². The summed E-state index contributed by atoms with van der Waals surface area (Å²) in [5.41, 5.74) is 2.14. The van der Waals surface area contributed by atoms with Crippen LogP contribution in [0.1, 0.15) is 12.5 Å². The van der Waals surface area contributed by atoms with E-state index in [9.17, 15) is 0 Å². The van der Waals surface area contributed by atoms with Gasteiger partial charge in [-0.25, -0.2) is 0 Å². The van der Waals surface area contributed by atoms with Crippen LogP contribution in [0.15, 0.2) is 60.5 Å². The quantitative estimate of drug-likeness (QED) is 0.838. The predicted molar refractivity (Wildman–Crippen MR) is 80.2 cm³/mol. The number of benzene rings is 2. The summed E-state index contributed by atoms with van der Waals surface area (Å²) in [5, 5.41) is 3.67. The normalized spacial score (nSPS) is 11.7. The zero-order valence-electron chi connectivity index (χ0n) is 11.0. The van der Waals surface area contributed by atoms with Crippen molar-refractivity contribution >= 4 is 17.2 Å². The maximum Gasteiger partial charge on any atom is 0.196 e. The lowest BCUT2D eigenvalue weighted by molar-refractivity contribution is 0.395. The molecular formula is C16H16ClNO. The molecule has 2 nitrogen and oxygen atoms in total. The largest absolute Gasteiger partial charge is 0.440 e. The average molecular weight is 274 g/mol. The lowest BCUT2D eigenvalue weighted by Crippen LogP contribution is -2.14. The van der Waals surface area contributed by atoms with Gasteiger partial charge in [-0.3, -0.25) is 0 Å². The predicted octanol–water partition coefficient (Wildman–Crippen LogP) is 4.33. The maximum absolute atomic E-state index is 6.10. The highest BCUT2D eigenvalue weighted by molar-refractivity contribution is 6.32. The van der Waals surface area contributed by atoms with Crippen LogP contribution in [0.3, 0.4) is 0 Å². The topological polar surface area (TPSA) is 21.3 Å². The average Bonchev–Trinajstić information content (AvgIpc) is 2.47. The number of rotatable bonds is 4. The van der Waals surface area contributed by atoms with E-state index in [4.69, 9.17) is 16.3 Å². The van der Waals surface area contributed by atoms with Crippen LogP contribution in [0.2, 0.25) is 5.02 Å². The second-order valence-electron chi connectivity index (χ2n) is 4.10. The first-order valence-electron chi connectivity index (χ1n) is 6.09. The molecule has 0 aromatic heterocycles. The van der Waals surface area contributed by atoms with Crippen LogP contribution in [0.25, 0.3) is 5.57 Å². The van der Waals surface area contributed by atoms with Crippen LogP contribution < -0.4 is 10.1 Å². The zero-order valence-corrected chi connectivity index (χ0v) is 11.7. The molecule has 0 aliphatic carbocycles. The minimum atomic E-state index is 0.594. The fourth-order valence-corrected chi connectivity index (χ4v) is 1.95. The highest BCUT2D eigenvalue weighted by atomic mass is 35.5. The minimum absolute atomic E-state index is 0.594. The van der Waals surface area contributed by atoms with E-state index in [1.807, 2.05) is 68.6 Å². The Kier molecular flexibility index (Phi) is 4.48. The molecule has 2 aromatic carbocycles. The summed E-state index contributed by atoms with van der Waals surface area (Å²) in [6, 6.07) is 17.5. The van der Waals surface area contributed by atoms with Crippen LogP contribution in [0.5, 0.6) is 5.75 Å². The van der Waals surface area contributed by atoms with Crippen LogP contribution in [-0.2, 0) is 0 Å². The highest BCUT2D eigenvalue weighted by Crippen LogP contribution is 2.26. The monoisotopic (exact) mass is 273 g/mol. The molecule has 0 aliphatic heterocycles. The molecule has 0 spiro atoms. The van der Waals surface area contributed by atoms with Gasteiger partial charge in [0.1, 0.15) is 5.75 Å². The Hall–Kier alpha value is -1.93. The molecule has 0 heterocycles. The van der Waals surface area contributed by atoms with Gasteiger partial charge in [-0.2, -0.15) is 0 Å². The third-order valence-corrected chi connectivity index (χ3v) is 3.14. The summed E-state index contributed by atoms with van der Waals surface area (Å²) in [6.45, 7) is 2.01. The molecule has 19 heavy (non-hydrogen) atoms. The molecular weight excluding hydrogens is 258 g/mol. The fourth-order valence-electron chi connectivity index (χ4n) is 1.77. The molecule has 0 unspecified atom stereocenters. The SMILES string of the molecule is CNC(Oc1ccccc1Cl)=C(C)c1ccccc1. The van der Waals surface area contributed by atoms with Crippen molar-refractivity contribution in [1.82, 2.24) is 5.32 Å². The number of hydrogen-bond donors (Lipinski definition) is 1. The second kappa shape index (κ2) is 6.30. The van der Waals surface area contributed by atoms with Crippen LogP contribution in [-0.4, -0.2) is 7.05 Å². The van der Waals surface area contributed by atoms with Crippen molar-refractivity contribution < 1.29 is 4.74 Å². The molecule has 0 radical (unpaired) electrons. The van der Waals surface area contributed by atoms with Gasteiger partial charge >= 0.3 is 0 Å². The molecule has 0 aliphatic rings. The van der Waals surface area contributed by atoms with Crippen molar-refractivity contribution in [3.8, 4) is 5.75 Å². The molecule has 2 aromatic rings. The molecule has 98 valence electrons. The van der Waals surface area contributed by atoms with Gasteiger partial charge in [-0.05, 0) is 24.6 Å². The molecule has 2 rings (SSSR count). The van der Waals surface area contributed by atoms with Gasteiger partial charge in [0, 0.05) is 12.6 Å². The lowest BCUT2D eigenvalue weighted by Gasteiger charge is -2.14. The standard InChI is InChI=1S/C16H16ClNO/c1-12(13-8-4-3-5-9-13)16(18-2)19-15-11-7-6-10-14(15)17/h3-11,18H,1-2H3. The van der Waals surface area contributed by atoms with Crippen molar-refractivity contribution in [3.05, 3.63) is 71.1 Å².